The van der Waals surface area contributed by atoms with Crippen molar-refractivity contribution in [2.24, 2.45) is 0 Å². The Morgan fingerprint density at radius 3 is 2.70 bits per heavy atom. The van der Waals surface area contributed by atoms with Gasteiger partial charge in [0.1, 0.15) is 17.4 Å². The lowest BCUT2D eigenvalue weighted by Gasteiger charge is -2.09. The summed E-state index contributed by atoms with van der Waals surface area (Å²) in [4.78, 5) is 12.4. The number of amides is 1. The SMILES string of the molecule is COc1cccc(Cn2nc(C)c(NC(=O)c3cc(F)ccc3F)c2C)c1. The highest BCUT2D eigenvalue weighted by molar-refractivity contribution is 6.05. The molecule has 0 spiro atoms. The number of aryl methyl sites for hydroxylation is 1. The molecule has 0 aliphatic heterocycles. The number of anilines is 1. The van der Waals surface area contributed by atoms with Crippen LogP contribution in [0.25, 0.3) is 0 Å². The van der Waals surface area contributed by atoms with Crippen molar-refractivity contribution in [1.29, 1.82) is 0 Å². The number of carbonyl (C=O) groups is 1. The second kappa shape index (κ2) is 7.57. The molecule has 0 radical (unpaired) electrons. The minimum Gasteiger partial charge on any atom is -0.497 e. The van der Waals surface area contributed by atoms with Gasteiger partial charge in [-0.2, -0.15) is 5.10 Å². The zero-order chi connectivity index (χ0) is 19.6. The molecule has 0 aliphatic carbocycles. The number of hydrogen-bond donors (Lipinski definition) is 1. The van der Waals surface area contributed by atoms with E-state index in [-0.39, 0.29) is 5.56 Å². The molecule has 1 amide bonds. The summed E-state index contributed by atoms with van der Waals surface area (Å²) in [6, 6.07) is 10.3. The molecule has 1 aromatic heterocycles. The van der Waals surface area contributed by atoms with Crippen molar-refractivity contribution >= 4 is 11.6 Å². The third-order valence-corrected chi connectivity index (χ3v) is 4.26. The number of methoxy groups -OCH3 is 1. The topological polar surface area (TPSA) is 56.1 Å². The largest absolute Gasteiger partial charge is 0.497 e. The van der Waals surface area contributed by atoms with Gasteiger partial charge in [0.2, 0.25) is 0 Å². The molecule has 0 bridgehead atoms. The van der Waals surface area contributed by atoms with Gasteiger partial charge in [0.15, 0.2) is 0 Å². The number of halogens is 2. The number of carbonyl (C=O) groups excluding carboxylic acids is 1. The van der Waals surface area contributed by atoms with E-state index < -0.39 is 17.5 Å². The lowest BCUT2D eigenvalue weighted by Crippen LogP contribution is -2.15. The number of aromatic nitrogens is 2. The normalized spacial score (nSPS) is 10.7. The van der Waals surface area contributed by atoms with Crippen molar-refractivity contribution < 1.29 is 18.3 Å². The number of rotatable bonds is 5. The van der Waals surface area contributed by atoms with Crippen LogP contribution in [0, 0.1) is 25.5 Å². The van der Waals surface area contributed by atoms with Crippen molar-refractivity contribution in [2.45, 2.75) is 20.4 Å². The Hall–Kier alpha value is -3.22. The molecule has 0 aliphatic rings. The average Bonchev–Trinajstić information content (AvgIpc) is 2.91. The molecule has 0 fully saturated rings. The lowest BCUT2D eigenvalue weighted by molar-refractivity contribution is 0.102. The summed E-state index contributed by atoms with van der Waals surface area (Å²) in [5, 5.41) is 7.08. The Kier molecular flexibility index (Phi) is 5.21. The molecule has 2 aromatic carbocycles. The molecular weight excluding hydrogens is 352 g/mol. The summed E-state index contributed by atoms with van der Waals surface area (Å²) < 4.78 is 34.1. The van der Waals surface area contributed by atoms with Crippen LogP contribution < -0.4 is 10.1 Å². The number of nitrogens with one attached hydrogen (secondary N) is 1. The zero-order valence-electron chi connectivity index (χ0n) is 15.2. The zero-order valence-corrected chi connectivity index (χ0v) is 15.2. The van der Waals surface area contributed by atoms with Crippen LogP contribution in [0.5, 0.6) is 5.75 Å². The molecule has 5 nitrogen and oxygen atoms in total. The Balaban J connectivity index is 1.85. The van der Waals surface area contributed by atoms with Gasteiger partial charge in [-0.1, -0.05) is 12.1 Å². The van der Waals surface area contributed by atoms with Crippen LogP contribution >= 0.6 is 0 Å². The van der Waals surface area contributed by atoms with Crippen molar-refractivity contribution in [1.82, 2.24) is 9.78 Å². The fourth-order valence-electron chi connectivity index (χ4n) is 2.83. The van der Waals surface area contributed by atoms with E-state index >= 15 is 0 Å². The van der Waals surface area contributed by atoms with Gasteiger partial charge in [-0.15, -0.1) is 0 Å². The molecule has 0 atom stereocenters. The van der Waals surface area contributed by atoms with Crippen LogP contribution in [0.2, 0.25) is 0 Å². The van der Waals surface area contributed by atoms with E-state index in [1.807, 2.05) is 24.3 Å². The van der Waals surface area contributed by atoms with E-state index in [9.17, 15) is 13.6 Å². The number of hydrogen-bond acceptors (Lipinski definition) is 3. The van der Waals surface area contributed by atoms with Crippen LogP contribution in [0.1, 0.15) is 27.3 Å². The molecule has 1 N–H and O–H groups in total. The maximum Gasteiger partial charge on any atom is 0.258 e. The van der Waals surface area contributed by atoms with Crippen molar-refractivity contribution in [2.75, 3.05) is 12.4 Å². The van der Waals surface area contributed by atoms with Gasteiger partial charge in [-0.05, 0) is 49.7 Å². The maximum atomic E-state index is 13.8. The summed E-state index contributed by atoms with van der Waals surface area (Å²) in [6.07, 6.45) is 0. The molecule has 27 heavy (non-hydrogen) atoms. The number of ether oxygens (including phenoxy) is 1. The van der Waals surface area contributed by atoms with E-state index in [1.165, 1.54) is 0 Å². The number of nitrogens with zero attached hydrogens (tertiary/aromatic N) is 2. The van der Waals surface area contributed by atoms with E-state index in [1.54, 1.807) is 25.6 Å². The predicted octanol–water partition coefficient (Wildman–Crippen LogP) is 4.09. The number of benzene rings is 2. The molecular formula is C20H19F2N3O2. The summed E-state index contributed by atoms with van der Waals surface area (Å²) in [6.45, 7) is 4.03. The smallest absolute Gasteiger partial charge is 0.258 e. The van der Waals surface area contributed by atoms with Crippen molar-refractivity contribution in [3.8, 4) is 5.75 Å². The summed E-state index contributed by atoms with van der Waals surface area (Å²) in [5.41, 5.74) is 2.40. The molecule has 7 heteroatoms. The molecule has 0 saturated carbocycles. The van der Waals surface area contributed by atoms with Crippen LogP contribution in [-0.2, 0) is 6.54 Å². The molecule has 1 heterocycles. The fourth-order valence-corrected chi connectivity index (χ4v) is 2.83. The Labute approximate surface area is 155 Å². The van der Waals surface area contributed by atoms with E-state index in [0.29, 0.717) is 23.6 Å². The second-order valence-corrected chi connectivity index (χ2v) is 6.13. The molecule has 3 rings (SSSR count). The summed E-state index contributed by atoms with van der Waals surface area (Å²) in [7, 11) is 1.60. The van der Waals surface area contributed by atoms with Crippen LogP contribution in [0.3, 0.4) is 0 Å². The summed E-state index contributed by atoms with van der Waals surface area (Å²) in [5.74, 6) is -1.44. The van der Waals surface area contributed by atoms with Gasteiger partial charge in [-0.25, -0.2) is 8.78 Å². The third-order valence-electron chi connectivity index (χ3n) is 4.26. The second-order valence-electron chi connectivity index (χ2n) is 6.13. The van der Waals surface area contributed by atoms with E-state index in [2.05, 4.69) is 10.4 Å². The average molecular weight is 371 g/mol. The third kappa shape index (κ3) is 3.97. The molecule has 140 valence electrons. The Morgan fingerprint density at radius 1 is 1.19 bits per heavy atom. The molecule has 0 saturated heterocycles. The monoisotopic (exact) mass is 371 g/mol. The lowest BCUT2D eigenvalue weighted by atomic mass is 10.2. The van der Waals surface area contributed by atoms with Gasteiger partial charge in [0.05, 0.1) is 36.3 Å². The quantitative estimate of drug-likeness (QED) is 0.735. The first-order chi connectivity index (χ1) is 12.9. The van der Waals surface area contributed by atoms with Gasteiger partial charge >= 0.3 is 0 Å². The Bertz CT molecular complexity index is 999. The van der Waals surface area contributed by atoms with E-state index in [4.69, 9.17) is 4.74 Å². The highest BCUT2D eigenvalue weighted by Crippen LogP contribution is 2.23. The van der Waals surface area contributed by atoms with Crippen molar-refractivity contribution in [3.05, 3.63) is 76.6 Å². The first kappa shape index (κ1) is 18.6. The van der Waals surface area contributed by atoms with Gasteiger partial charge in [0.25, 0.3) is 5.91 Å². The maximum absolute atomic E-state index is 13.8. The van der Waals surface area contributed by atoms with Crippen LogP contribution in [0.4, 0.5) is 14.5 Å². The molecule has 3 aromatic rings. The summed E-state index contributed by atoms with van der Waals surface area (Å²) >= 11 is 0. The highest BCUT2D eigenvalue weighted by Gasteiger charge is 2.18. The van der Waals surface area contributed by atoms with E-state index in [0.717, 1.165) is 29.5 Å². The van der Waals surface area contributed by atoms with Gasteiger partial charge in [0, 0.05) is 0 Å². The first-order valence-electron chi connectivity index (χ1n) is 8.32. The van der Waals surface area contributed by atoms with Gasteiger partial charge in [-0.3, -0.25) is 9.48 Å². The highest BCUT2D eigenvalue weighted by atomic mass is 19.1. The van der Waals surface area contributed by atoms with Gasteiger partial charge < -0.3 is 10.1 Å². The predicted molar refractivity (Wildman–Crippen MR) is 98.1 cm³/mol. The van der Waals surface area contributed by atoms with Crippen LogP contribution in [-0.4, -0.2) is 22.8 Å². The fraction of sp³-hybridized carbons (Fsp3) is 0.200. The standard InChI is InChI=1S/C20H19F2N3O2/c1-12-19(23-20(26)17-10-15(21)7-8-18(17)22)13(2)25(24-12)11-14-5-4-6-16(9-14)27-3/h4-10H,11H2,1-3H3,(H,23,26). The minimum atomic E-state index is -0.784. The Morgan fingerprint density at radius 2 is 1.96 bits per heavy atom. The molecule has 0 unspecified atom stereocenters. The minimum absolute atomic E-state index is 0.352. The first-order valence-corrected chi connectivity index (χ1v) is 8.32. The van der Waals surface area contributed by atoms with Crippen molar-refractivity contribution in [3.63, 3.8) is 0 Å². The van der Waals surface area contributed by atoms with Crippen LogP contribution in [0.15, 0.2) is 42.5 Å².